The van der Waals surface area contributed by atoms with Gasteiger partial charge < -0.3 is 15.0 Å². The van der Waals surface area contributed by atoms with E-state index in [-0.39, 0.29) is 6.09 Å². The van der Waals surface area contributed by atoms with Crippen LogP contribution in [0, 0.1) is 0 Å². The van der Waals surface area contributed by atoms with Gasteiger partial charge in [0.2, 0.25) is 0 Å². The van der Waals surface area contributed by atoms with Crippen LogP contribution in [0.4, 0.5) is 4.79 Å². The number of hydrogen-bond donors (Lipinski definition) is 1. The molecule has 5 nitrogen and oxygen atoms in total. The van der Waals surface area contributed by atoms with E-state index in [4.69, 9.17) is 4.74 Å². The summed E-state index contributed by atoms with van der Waals surface area (Å²) in [7, 11) is 1.87. The fourth-order valence-electron chi connectivity index (χ4n) is 3.15. The number of piperazine rings is 1. The molecule has 0 bridgehead atoms. The van der Waals surface area contributed by atoms with Crippen LogP contribution < -0.4 is 5.32 Å². The van der Waals surface area contributed by atoms with Gasteiger partial charge in [-0.3, -0.25) is 4.90 Å². The van der Waals surface area contributed by atoms with Crippen LogP contribution in [-0.4, -0.2) is 66.8 Å². The summed E-state index contributed by atoms with van der Waals surface area (Å²) >= 11 is 0. The second-order valence-electron chi connectivity index (χ2n) is 7.00. The van der Waals surface area contributed by atoms with E-state index in [1.54, 1.807) is 4.90 Å². The lowest BCUT2D eigenvalue weighted by Gasteiger charge is -2.33. The molecule has 0 aromatic rings. The first-order valence-electron chi connectivity index (χ1n) is 7.77. The lowest BCUT2D eigenvalue weighted by Crippen LogP contribution is -2.48. The van der Waals surface area contributed by atoms with Crippen LogP contribution >= 0.6 is 0 Å². The third-order valence-electron chi connectivity index (χ3n) is 4.27. The van der Waals surface area contributed by atoms with Crippen LogP contribution in [0.15, 0.2) is 0 Å². The van der Waals surface area contributed by atoms with Crippen molar-refractivity contribution in [3.63, 3.8) is 0 Å². The van der Waals surface area contributed by atoms with Crippen molar-refractivity contribution < 1.29 is 9.53 Å². The van der Waals surface area contributed by atoms with Gasteiger partial charge in [-0.2, -0.15) is 0 Å². The van der Waals surface area contributed by atoms with Crippen molar-refractivity contribution in [3.8, 4) is 0 Å². The zero-order valence-corrected chi connectivity index (χ0v) is 13.3. The highest BCUT2D eigenvalue weighted by Gasteiger charge is 2.34. The van der Waals surface area contributed by atoms with Crippen molar-refractivity contribution in [1.29, 1.82) is 0 Å². The Balaban J connectivity index is 1.83. The maximum Gasteiger partial charge on any atom is 0.410 e. The average Bonchev–Trinajstić information content (AvgIpc) is 2.86. The Kier molecular flexibility index (Phi) is 4.91. The van der Waals surface area contributed by atoms with E-state index in [1.165, 1.54) is 6.42 Å². The van der Waals surface area contributed by atoms with Gasteiger partial charge in [-0.25, -0.2) is 4.79 Å². The predicted molar refractivity (Wildman–Crippen MR) is 79.9 cm³/mol. The Morgan fingerprint density at radius 3 is 2.50 bits per heavy atom. The summed E-state index contributed by atoms with van der Waals surface area (Å²) in [6.45, 7) is 10.2. The molecule has 2 rings (SSSR count). The van der Waals surface area contributed by atoms with Crippen LogP contribution in [-0.2, 0) is 4.74 Å². The van der Waals surface area contributed by atoms with Gasteiger partial charge in [0.25, 0.3) is 0 Å². The molecule has 1 unspecified atom stereocenters. The highest BCUT2D eigenvalue weighted by molar-refractivity contribution is 5.68. The minimum atomic E-state index is -0.415. The molecule has 1 saturated heterocycles. The SMILES string of the molecule is CN(C(=O)OC(C)(C)C)C1CC[C@H](N2CCNCC2)C1. The van der Waals surface area contributed by atoms with Crippen LogP contribution in [0.2, 0.25) is 0 Å². The predicted octanol–water partition coefficient (Wildman–Crippen LogP) is 1.68. The molecule has 0 radical (unpaired) electrons. The van der Waals surface area contributed by atoms with Crippen molar-refractivity contribution in [3.05, 3.63) is 0 Å². The van der Waals surface area contributed by atoms with Crippen LogP contribution in [0.3, 0.4) is 0 Å². The molecule has 2 fully saturated rings. The number of amides is 1. The third kappa shape index (κ3) is 4.09. The monoisotopic (exact) mass is 283 g/mol. The van der Waals surface area contributed by atoms with Crippen LogP contribution in [0.5, 0.6) is 0 Å². The Hall–Kier alpha value is -0.810. The standard InChI is InChI=1S/C15H29N3O2/c1-15(2,3)20-14(19)17(4)12-5-6-13(11-12)18-9-7-16-8-10-18/h12-13,16H,5-11H2,1-4H3/t12?,13-/m0/s1. The van der Waals surface area contributed by atoms with Crippen molar-refractivity contribution >= 4 is 6.09 Å². The van der Waals surface area contributed by atoms with E-state index in [0.717, 1.165) is 39.0 Å². The fourth-order valence-corrected chi connectivity index (χ4v) is 3.15. The van der Waals surface area contributed by atoms with E-state index in [0.29, 0.717) is 12.1 Å². The molecule has 1 heterocycles. The molecule has 1 aliphatic carbocycles. The molecular weight excluding hydrogens is 254 g/mol. The number of carbonyl (C=O) groups excluding carboxylic acids is 1. The van der Waals surface area contributed by atoms with Gasteiger partial charge in [-0.05, 0) is 40.0 Å². The molecule has 116 valence electrons. The molecule has 2 atom stereocenters. The summed E-state index contributed by atoms with van der Waals surface area (Å²) < 4.78 is 5.46. The minimum Gasteiger partial charge on any atom is -0.444 e. The summed E-state index contributed by atoms with van der Waals surface area (Å²) in [4.78, 5) is 16.5. The molecule has 0 spiro atoms. The summed E-state index contributed by atoms with van der Waals surface area (Å²) in [5.41, 5.74) is -0.415. The lowest BCUT2D eigenvalue weighted by molar-refractivity contribution is 0.0219. The molecule has 1 N–H and O–H groups in total. The molecule has 1 amide bonds. The summed E-state index contributed by atoms with van der Waals surface area (Å²) in [6.07, 6.45) is 3.17. The van der Waals surface area contributed by atoms with Crippen molar-refractivity contribution in [2.24, 2.45) is 0 Å². The summed E-state index contributed by atoms with van der Waals surface area (Å²) in [6, 6.07) is 0.955. The smallest absolute Gasteiger partial charge is 0.410 e. The highest BCUT2D eigenvalue weighted by Crippen LogP contribution is 2.28. The molecule has 1 saturated carbocycles. The maximum atomic E-state index is 12.1. The number of rotatable bonds is 2. The third-order valence-corrected chi connectivity index (χ3v) is 4.27. The number of ether oxygens (including phenoxy) is 1. The van der Waals surface area contributed by atoms with E-state index in [1.807, 2.05) is 27.8 Å². The Bertz CT molecular complexity index is 335. The maximum absolute atomic E-state index is 12.1. The van der Waals surface area contributed by atoms with Crippen molar-refractivity contribution in [2.75, 3.05) is 33.2 Å². The number of nitrogens with one attached hydrogen (secondary N) is 1. The zero-order valence-electron chi connectivity index (χ0n) is 13.3. The molecule has 0 aromatic carbocycles. The first kappa shape index (κ1) is 15.6. The molecular formula is C15H29N3O2. The Labute approximate surface area is 122 Å². The minimum absolute atomic E-state index is 0.191. The Morgan fingerprint density at radius 1 is 1.25 bits per heavy atom. The quantitative estimate of drug-likeness (QED) is 0.837. The van der Waals surface area contributed by atoms with Gasteiger partial charge in [-0.15, -0.1) is 0 Å². The largest absolute Gasteiger partial charge is 0.444 e. The van der Waals surface area contributed by atoms with Gasteiger partial charge in [0, 0.05) is 45.3 Å². The number of nitrogens with zero attached hydrogens (tertiary/aromatic N) is 2. The zero-order chi connectivity index (χ0) is 14.8. The van der Waals surface area contributed by atoms with E-state index in [2.05, 4.69) is 10.2 Å². The van der Waals surface area contributed by atoms with E-state index >= 15 is 0 Å². The van der Waals surface area contributed by atoms with Gasteiger partial charge in [0.05, 0.1) is 0 Å². The molecule has 5 heteroatoms. The number of hydrogen-bond acceptors (Lipinski definition) is 4. The van der Waals surface area contributed by atoms with Gasteiger partial charge in [0.15, 0.2) is 0 Å². The highest BCUT2D eigenvalue weighted by atomic mass is 16.6. The summed E-state index contributed by atoms with van der Waals surface area (Å²) in [5.74, 6) is 0. The topological polar surface area (TPSA) is 44.8 Å². The number of carbonyl (C=O) groups is 1. The van der Waals surface area contributed by atoms with E-state index in [9.17, 15) is 4.79 Å². The van der Waals surface area contributed by atoms with Gasteiger partial charge >= 0.3 is 6.09 Å². The average molecular weight is 283 g/mol. The normalized spacial score (nSPS) is 28.4. The molecule has 2 aliphatic rings. The molecule has 1 aliphatic heterocycles. The Morgan fingerprint density at radius 2 is 1.90 bits per heavy atom. The van der Waals surface area contributed by atoms with Crippen molar-refractivity contribution in [1.82, 2.24) is 15.1 Å². The fraction of sp³-hybridized carbons (Fsp3) is 0.933. The van der Waals surface area contributed by atoms with Gasteiger partial charge in [0.1, 0.15) is 5.60 Å². The molecule has 0 aromatic heterocycles. The second kappa shape index (κ2) is 6.31. The first-order chi connectivity index (χ1) is 9.37. The van der Waals surface area contributed by atoms with E-state index < -0.39 is 5.60 Å². The second-order valence-corrected chi connectivity index (χ2v) is 7.00. The molecule has 20 heavy (non-hydrogen) atoms. The van der Waals surface area contributed by atoms with Crippen LogP contribution in [0.25, 0.3) is 0 Å². The van der Waals surface area contributed by atoms with Gasteiger partial charge in [-0.1, -0.05) is 0 Å². The summed E-state index contributed by atoms with van der Waals surface area (Å²) in [5, 5.41) is 3.39. The lowest BCUT2D eigenvalue weighted by atomic mass is 10.1. The van der Waals surface area contributed by atoms with Crippen molar-refractivity contribution in [2.45, 2.75) is 57.7 Å². The first-order valence-corrected chi connectivity index (χ1v) is 7.77. The van der Waals surface area contributed by atoms with Crippen LogP contribution in [0.1, 0.15) is 40.0 Å².